The van der Waals surface area contributed by atoms with Gasteiger partial charge in [-0.2, -0.15) is 0 Å². The lowest BCUT2D eigenvalue weighted by atomic mass is 9.91. The van der Waals surface area contributed by atoms with Crippen LogP contribution in [-0.4, -0.2) is 29.4 Å². The third-order valence-corrected chi connectivity index (χ3v) is 5.44. The van der Waals surface area contributed by atoms with Crippen LogP contribution in [0, 0.1) is 12.8 Å². The summed E-state index contributed by atoms with van der Waals surface area (Å²) in [6.07, 6.45) is 2.74. The van der Waals surface area contributed by atoms with E-state index < -0.39 is 0 Å². The summed E-state index contributed by atoms with van der Waals surface area (Å²) in [6, 6.07) is 19.1. The minimum Gasteiger partial charge on any atom is -0.351 e. The van der Waals surface area contributed by atoms with E-state index in [2.05, 4.69) is 79.5 Å². The highest BCUT2D eigenvalue weighted by Gasteiger charge is 2.29. The number of nitrogens with one attached hydrogen (secondary N) is 1. The van der Waals surface area contributed by atoms with Crippen LogP contribution in [0.4, 0.5) is 0 Å². The lowest BCUT2D eigenvalue weighted by Gasteiger charge is -2.34. The average Bonchev–Trinajstić information content (AvgIpc) is 2.64. The summed E-state index contributed by atoms with van der Waals surface area (Å²) in [7, 11) is 0. The highest BCUT2D eigenvalue weighted by atomic mass is 16.2. The van der Waals surface area contributed by atoms with Crippen LogP contribution in [0.5, 0.6) is 0 Å². The number of aryl methyl sites for hydroxylation is 1. The van der Waals surface area contributed by atoms with Crippen molar-refractivity contribution >= 4 is 5.91 Å². The van der Waals surface area contributed by atoms with E-state index in [9.17, 15) is 4.79 Å². The van der Waals surface area contributed by atoms with E-state index >= 15 is 0 Å². The second kappa shape index (κ2) is 8.71. The van der Waals surface area contributed by atoms with Crippen molar-refractivity contribution in [2.45, 2.75) is 52.1 Å². The van der Waals surface area contributed by atoms with Crippen molar-refractivity contribution < 1.29 is 4.79 Å². The predicted octanol–water partition coefficient (Wildman–Crippen LogP) is 4.34. The highest BCUT2D eigenvalue weighted by Crippen LogP contribution is 2.21. The van der Waals surface area contributed by atoms with Crippen LogP contribution < -0.4 is 5.32 Å². The molecule has 0 bridgehead atoms. The first-order valence-corrected chi connectivity index (χ1v) is 10.1. The van der Waals surface area contributed by atoms with Gasteiger partial charge in [-0.1, -0.05) is 60.2 Å². The molecule has 1 fully saturated rings. The van der Waals surface area contributed by atoms with Gasteiger partial charge in [-0.25, -0.2) is 0 Å². The SMILES string of the molecule is Cc1ccc(CN2CCC(C(=O)NC(C)(C)Cc3ccccc3)CC2)cc1. The molecule has 3 heteroatoms. The molecule has 27 heavy (non-hydrogen) atoms. The molecule has 1 saturated heterocycles. The molecule has 2 aromatic rings. The summed E-state index contributed by atoms with van der Waals surface area (Å²) in [6.45, 7) is 9.31. The van der Waals surface area contributed by atoms with Crippen LogP contribution in [0.15, 0.2) is 54.6 Å². The Bertz CT molecular complexity index is 729. The number of amides is 1. The molecule has 0 radical (unpaired) electrons. The Morgan fingerprint density at radius 2 is 1.63 bits per heavy atom. The minimum absolute atomic E-state index is 0.134. The molecule has 0 atom stereocenters. The minimum atomic E-state index is -0.225. The zero-order chi connectivity index (χ0) is 19.3. The Kier molecular flexibility index (Phi) is 6.33. The van der Waals surface area contributed by atoms with Crippen LogP contribution >= 0.6 is 0 Å². The summed E-state index contributed by atoms with van der Waals surface area (Å²) in [5.41, 5.74) is 3.69. The number of benzene rings is 2. The molecule has 1 amide bonds. The number of nitrogens with zero attached hydrogens (tertiary/aromatic N) is 1. The van der Waals surface area contributed by atoms with Gasteiger partial charge in [0.15, 0.2) is 0 Å². The monoisotopic (exact) mass is 364 g/mol. The van der Waals surface area contributed by atoms with Gasteiger partial charge in [-0.15, -0.1) is 0 Å². The van der Waals surface area contributed by atoms with Crippen molar-refractivity contribution in [2.24, 2.45) is 5.92 Å². The highest BCUT2D eigenvalue weighted by molar-refractivity contribution is 5.79. The number of hydrogen-bond donors (Lipinski definition) is 1. The van der Waals surface area contributed by atoms with Crippen molar-refractivity contribution in [3.05, 3.63) is 71.3 Å². The standard InChI is InChI=1S/C24H32N2O/c1-19-9-11-21(12-10-19)18-26-15-13-22(14-16-26)23(27)25-24(2,3)17-20-7-5-4-6-8-20/h4-12,22H,13-18H2,1-3H3,(H,25,27). The van der Waals surface area contributed by atoms with Crippen molar-refractivity contribution in [3.8, 4) is 0 Å². The number of hydrogen-bond acceptors (Lipinski definition) is 2. The molecular weight excluding hydrogens is 332 g/mol. The summed E-state index contributed by atoms with van der Waals surface area (Å²) in [5.74, 6) is 0.347. The smallest absolute Gasteiger partial charge is 0.223 e. The zero-order valence-corrected chi connectivity index (χ0v) is 16.9. The molecule has 1 N–H and O–H groups in total. The maximum absolute atomic E-state index is 12.8. The van der Waals surface area contributed by atoms with Crippen LogP contribution in [0.1, 0.15) is 43.4 Å². The third kappa shape index (κ3) is 5.93. The Morgan fingerprint density at radius 1 is 1.00 bits per heavy atom. The molecular formula is C24H32N2O. The molecule has 144 valence electrons. The molecule has 0 aromatic heterocycles. The molecule has 1 aliphatic heterocycles. The molecule has 1 heterocycles. The maximum Gasteiger partial charge on any atom is 0.223 e. The predicted molar refractivity (Wildman–Crippen MR) is 112 cm³/mol. The summed E-state index contributed by atoms with van der Waals surface area (Å²) in [5, 5.41) is 3.29. The first-order chi connectivity index (χ1) is 12.9. The Balaban J connectivity index is 1.47. The van der Waals surface area contributed by atoms with Crippen molar-refractivity contribution in [2.75, 3.05) is 13.1 Å². The molecule has 3 rings (SSSR count). The first-order valence-electron chi connectivity index (χ1n) is 10.1. The van der Waals surface area contributed by atoms with Gasteiger partial charge in [0.1, 0.15) is 0 Å². The Labute approximate surface area is 163 Å². The Morgan fingerprint density at radius 3 is 2.26 bits per heavy atom. The van der Waals surface area contributed by atoms with Crippen LogP contribution in [0.25, 0.3) is 0 Å². The quantitative estimate of drug-likeness (QED) is 0.827. The summed E-state index contributed by atoms with van der Waals surface area (Å²) in [4.78, 5) is 15.2. The van der Waals surface area contributed by atoms with Gasteiger partial charge >= 0.3 is 0 Å². The zero-order valence-electron chi connectivity index (χ0n) is 16.9. The van der Waals surface area contributed by atoms with E-state index in [0.717, 1.165) is 38.9 Å². The molecule has 0 unspecified atom stereocenters. The Hall–Kier alpha value is -2.13. The fourth-order valence-electron chi connectivity index (χ4n) is 3.89. The summed E-state index contributed by atoms with van der Waals surface area (Å²) < 4.78 is 0. The lowest BCUT2D eigenvalue weighted by Crippen LogP contribution is -2.49. The van der Waals surface area contributed by atoms with Gasteiger partial charge in [-0.05, 0) is 64.3 Å². The fraction of sp³-hybridized carbons (Fsp3) is 0.458. The molecule has 2 aromatic carbocycles. The maximum atomic E-state index is 12.8. The fourth-order valence-corrected chi connectivity index (χ4v) is 3.89. The van der Waals surface area contributed by atoms with Crippen molar-refractivity contribution in [3.63, 3.8) is 0 Å². The lowest BCUT2D eigenvalue weighted by molar-refractivity contribution is -0.128. The molecule has 1 aliphatic rings. The van der Waals surface area contributed by atoms with Crippen LogP contribution in [0.2, 0.25) is 0 Å². The molecule has 0 aliphatic carbocycles. The largest absolute Gasteiger partial charge is 0.351 e. The van der Waals surface area contributed by atoms with E-state index in [4.69, 9.17) is 0 Å². The van der Waals surface area contributed by atoms with Gasteiger partial charge in [0.25, 0.3) is 0 Å². The van der Waals surface area contributed by atoms with Crippen molar-refractivity contribution in [1.82, 2.24) is 10.2 Å². The van der Waals surface area contributed by atoms with E-state index in [0.29, 0.717) is 0 Å². The van der Waals surface area contributed by atoms with Gasteiger partial charge in [-0.3, -0.25) is 9.69 Å². The normalized spacial score (nSPS) is 16.3. The van der Waals surface area contributed by atoms with E-state index in [1.54, 1.807) is 0 Å². The second-order valence-corrected chi connectivity index (χ2v) is 8.57. The van der Waals surface area contributed by atoms with Crippen LogP contribution in [-0.2, 0) is 17.8 Å². The van der Waals surface area contributed by atoms with Gasteiger partial charge in [0.05, 0.1) is 0 Å². The van der Waals surface area contributed by atoms with Gasteiger partial charge in [0.2, 0.25) is 5.91 Å². The molecule has 3 nitrogen and oxygen atoms in total. The molecule has 0 saturated carbocycles. The van der Waals surface area contributed by atoms with E-state index in [1.165, 1.54) is 16.7 Å². The first kappa shape index (κ1) is 19.6. The van der Waals surface area contributed by atoms with Crippen molar-refractivity contribution in [1.29, 1.82) is 0 Å². The third-order valence-electron chi connectivity index (χ3n) is 5.44. The van der Waals surface area contributed by atoms with Gasteiger partial charge in [0, 0.05) is 18.0 Å². The number of rotatable bonds is 6. The van der Waals surface area contributed by atoms with Crippen LogP contribution in [0.3, 0.4) is 0 Å². The number of likely N-dealkylation sites (tertiary alicyclic amines) is 1. The topological polar surface area (TPSA) is 32.3 Å². The average molecular weight is 365 g/mol. The molecule has 0 spiro atoms. The van der Waals surface area contributed by atoms with E-state index in [1.807, 2.05) is 6.07 Å². The summed E-state index contributed by atoms with van der Waals surface area (Å²) >= 11 is 0. The number of carbonyl (C=O) groups is 1. The van der Waals surface area contributed by atoms with E-state index in [-0.39, 0.29) is 17.4 Å². The second-order valence-electron chi connectivity index (χ2n) is 8.57. The van der Waals surface area contributed by atoms with Gasteiger partial charge < -0.3 is 5.32 Å². The number of piperidine rings is 1. The number of carbonyl (C=O) groups excluding carboxylic acids is 1.